The third-order valence-electron chi connectivity index (χ3n) is 6.00. The molecule has 5 heteroatoms. The van der Waals surface area contributed by atoms with Crippen molar-refractivity contribution in [3.8, 4) is 5.75 Å². The van der Waals surface area contributed by atoms with E-state index in [4.69, 9.17) is 9.16 Å². The van der Waals surface area contributed by atoms with E-state index in [1.165, 1.54) is 6.92 Å². The van der Waals surface area contributed by atoms with Crippen molar-refractivity contribution in [1.29, 1.82) is 0 Å². The highest BCUT2D eigenvalue weighted by molar-refractivity contribution is 6.99. The predicted octanol–water partition coefficient (Wildman–Crippen LogP) is 5.10. The molecule has 3 aromatic carbocycles. The summed E-state index contributed by atoms with van der Waals surface area (Å²) in [5.74, 6) is -0.141. The molecule has 0 aliphatic carbocycles. The second-order valence-corrected chi connectivity index (χ2v) is 13.7. The van der Waals surface area contributed by atoms with Gasteiger partial charge in [0.25, 0.3) is 8.32 Å². The van der Waals surface area contributed by atoms with Crippen LogP contribution < -0.4 is 10.4 Å². The van der Waals surface area contributed by atoms with Gasteiger partial charge in [0.1, 0.15) is 5.75 Å². The zero-order valence-electron chi connectivity index (χ0n) is 20.2. The van der Waals surface area contributed by atoms with Crippen molar-refractivity contribution in [2.24, 2.45) is 0 Å². The predicted molar refractivity (Wildman–Crippen MR) is 135 cm³/mol. The van der Waals surface area contributed by atoms with Crippen LogP contribution in [0, 0.1) is 6.92 Å². The maximum absolute atomic E-state index is 12.1. The minimum Gasteiger partial charge on any atom is -0.508 e. The lowest BCUT2D eigenvalue weighted by molar-refractivity contribution is -0.162. The fraction of sp³-hybridized carbons (Fsp3) is 0.321. The molecular weight excluding hydrogens is 428 g/mol. The van der Waals surface area contributed by atoms with E-state index < -0.39 is 14.6 Å². The monoisotopic (exact) mass is 462 g/mol. The normalized spacial score (nSPS) is 12.9. The van der Waals surface area contributed by atoms with Gasteiger partial charge in [-0.3, -0.25) is 4.79 Å². The van der Waals surface area contributed by atoms with Crippen molar-refractivity contribution in [1.82, 2.24) is 0 Å². The van der Waals surface area contributed by atoms with E-state index >= 15 is 0 Å². The molecule has 0 aromatic heterocycles. The fourth-order valence-electron chi connectivity index (χ4n) is 4.42. The van der Waals surface area contributed by atoms with Gasteiger partial charge in [-0.1, -0.05) is 87.5 Å². The van der Waals surface area contributed by atoms with Crippen LogP contribution in [0.4, 0.5) is 0 Å². The molecule has 3 aromatic rings. The van der Waals surface area contributed by atoms with Gasteiger partial charge in [-0.15, -0.1) is 0 Å². The van der Waals surface area contributed by atoms with E-state index in [-0.39, 0.29) is 16.8 Å². The summed E-state index contributed by atoms with van der Waals surface area (Å²) in [7, 11) is -2.87. The van der Waals surface area contributed by atoms with E-state index in [1.54, 1.807) is 12.1 Å². The minimum atomic E-state index is -2.87. The van der Waals surface area contributed by atoms with Crippen molar-refractivity contribution >= 4 is 24.7 Å². The molecule has 0 saturated carbocycles. The first-order valence-corrected chi connectivity index (χ1v) is 13.3. The summed E-state index contributed by atoms with van der Waals surface area (Å²) in [6, 6.07) is 26.0. The molecule has 33 heavy (non-hydrogen) atoms. The van der Waals surface area contributed by atoms with Gasteiger partial charge in [-0.05, 0) is 52.0 Å². The number of aromatic hydroxyl groups is 1. The average molecular weight is 463 g/mol. The summed E-state index contributed by atoms with van der Waals surface area (Å²) in [5.41, 5.74) is 2.10. The molecule has 1 atom stereocenters. The molecule has 1 unspecified atom stereocenters. The Morgan fingerprint density at radius 1 is 0.939 bits per heavy atom. The van der Waals surface area contributed by atoms with E-state index in [1.807, 2.05) is 49.4 Å². The van der Waals surface area contributed by atoms with Gasteiger partial charge in [0.05, 0.1) is 0 Å². The van der Waals surface area contributed by atoms with Crippen molar-refractivity contribution in [3.05, 3.63) is 90.0 Å². The highest BCUT2D eigenvalue weighted by atomic mass is 28.4. The van der Waals surface area contributed by atoms with Gasteiger partial charge in [0, 0.05) is 13.3 Å². The first-order valence-electron chi connectivity index (χ1n) is 11.4. The molecule has 0 aliphatic heterocycles. The summed E-state index contributed by atoms with van der Waals surface area (Å²) in [6.45, 7) is 10.0. The molecule has 4 nitrogen and oxygen atoms in total. The SMILES string of the molecule is CC(=O)OC(CCc1cc(O)ccc1C)O[Si](c1ccccc1)(c1ccccc1)C(C)(C)C. The second-order valence-electron chi connectivity index (χ2n) is 9.47. The summed E-state index contributed by atoms with van der Waals surface area (Å²) >= 11 is 0. The van der Waals surface area contributed by atoms with E-state index in [0.717, 1.165) is 21.5 Å². The van der Waals surface area contributed by atoms with Crippen molar-refractivity contribution in [2.75, 3.05) is 0 Å². The number of rotatable bonds is 8. The van der Waals surface area contributed by atoms with Gasteiger partial charge in [-0.25, -0.2) is 0 Å². The molecule has 0 aliphatic rings. The highest BCUT2D eigenvalue weighted by Crippen LogP contribution is 2.38. The lowest BCUT2D eigenvalue weighted by Gasteiger charge is -2.44. The zero-order chi connectivity index (χ0) is 24.1. The zero-order valence-corrected chi connectivity index (χ0v) is 21.2. The number of phenols is 1. The molecular formula is C28H34O4Si. The van der Waals surface area contributed by atoms with Crippen molar-refractivity contribution in [2.45, 2.75) is 58.8 Å². The highest BCUT2D eigenvalue weighted by Gasteiger charge is 2.52. The molecule has 0 heterocycles. The van der Waals surface area contributed by atoms with Crippen LogP contribution in [0.5, 0.6) is 5.75 Å². The number of aryl methyl sites for hydroxylation is 2. The Balaban J connectivity index is 2.05. The topological polar surface area (TPSA) is 55.8 Å². The van der Waals surface area contributed by atoms with Crippen LogP contribution >= 0.6 is 0 Å². The molecule has 0 amide bonds. The molecule has 0 bridgehead atoms. The third kappa shape index (κ3) is 5.73. The summed E-state index contributed by atoms with van der Waals surface area (Å²) < 4.78 is 12.8. The van der Waals surface area contributed by atoms with Gasteiger partial charge in [0.2, 0.25) is 0 Å². The molecule has 1 N–H and O–H groups in total. The van der Waals surface area contributed by atoms with Gasteiger partial charge < -0.3 is 14.3 Å². The van der Waals surface area contributed by atoms with E-state index in [0.29, 0.717) is 12.8 Å². The Labute approximate surface area is 198 Å². The fourth-order valence-corrected chi connectivity index (χ4v) is 8.99. The average Bonchev–Trinajstić information content (AvgIpc) is 2.77. The molecule has 3 rings (SSSR count). The number of carbonyl (C=O) groups is 1. The lowest BCUT2D eigenvalue weighted by Crippen LogP contribution is -2.68. The Morgan fingerprint density at radius 3 is 1.97 bits per heavy atom. The van der Waals surface area contributed by atoms with Crippen LogP contribution in [0.3, 0.4) is 0 Å². The van der Waals surface area contributed by atoms with Crippen LogP contribution in [0.25, 0.3) is 0 Å². The van der Waals surface area contributed by atoms with Crippen LogP contribution in [0.15, 0.2) is 78.9 Å². The number of phenolic OH excluding ortho intramolecular Hbond substituents is 1. The van der Waals surface area contributed by atoms with Gasteiger partial charge in [0.15, 0.2) is 6.29 Å². The Bertz CT molecular complexity index is 1020. The number of hydrogen-bond acceptors (Lipinski definition) is 4. The maximum atomic E-state index is 12.1. The lowest BCUT2D eigenvalue weighted by atomic mass is 10.0. The Hall–Kier alpha value is -2.89. The number of hydrogen-bond donors (Lipinski definition) is 1. The van der Waals surface area contributed by atoms with Gasteiger partial charge in [-0.2, -0.15) is 0 Å². The standard InChI is InChI=1S/C28H34O4Si/c1-21-16-18-24(30)20-23(21)17-19-27(31-22(2)29)32-33(28(3,4)5,25-12-8-6-9-13-25)26-14-10-7-11-15-26/h6-16,18,20,27,30H,17,19H2,1-5H3. The summed E-state index contributed by atoms with van der Waals surface area (Å²) in [6.07, 6.45) is 0.403. The molecule has 0 fully saturated rings. The summed E-state index contributed by atoms with van der Waals surface area (Å²) in [4.78, 5) is 12.1. The molecule has 0 radical (unpaired) electrons. The largest absolute Gasteiger partial charge is 0.508 e. The smallest absolute Gasteiger partial charge is 0.304 e. The van der Waals surface area contributed by atoms with Crippen LogP contribution in [-0.4, -0.2) is 25.7 Å². The minimum absolute atomic E-state index is 0.227. The van der Waals surface area contributed by atoms with Crippen LogP contribution in [0.1, 0.15) is 45.2 Å². The number of ether oxygens (including phenoxy) is 1. The van der Waals surface area contributed by atoms with Crippen LogP contribution in [0.2, 0.25) is 5.04 Å². The first-order chi connectivity index (χ1) is 15.6. The van der Waals surface area contributed by atoms with Crippen molar-refractivity contribution < 1.29 is 19.1 Å². The Morgan fingerprint density at radius 2 is 1.48 bits per heavy atom. The number of benzene rings is 3. The molecule has 0 saturated heterocycles. The summed E-state index contributed by atoms with van der Waals surface area (Å²) in [5, 5.41) is 12.0. The van der Waals surface area contributed by atoms with Crippen LogP contribution in [-0.2, 0) is 20.4 Å². The first kappa shape index (κ1) is 24.7. The van der Waals surface area contributed by atoms with E-state index in [9.17, 15) is 9.90 Å². The number of carbonyl (C=O) groups excluding carboxylic acids is 1. The maximum Gasteiger partial charge on any atom is 0.304 e. The molecule has 174 valence electrons. The molecule has 0 spiro atoms. The Kier molecular flexibility index (Phi) is 7.77. The van der Waals surface area contributed by atoms with Crippen molar-refractivity contribution in [3.63, 3.8) is 0 Å². The van der Waals surface area contributed by atoms with E-state index in [2.05, 4.69) is 45.0 Å². The third-order valence-corrected chi connectivity index (χ3v) is 11.0. The quantitative estimate of drug-likeness (QED) is 0.287. The second kappa shape index (κ2) is 10.4. The van der Waals surface area contributed by atoms with Gasteiger partial charge >= 0.3 is 5.97 Å². The number of esters is 1.